The maximum Gasteiger partial charge on any atom is 0.193 e. The van der Waals surface area contributed by atoms with Crippen LogP contribution in [0.3, 0.4) is 0 Å². The van der Waals surface area contributed by atoms with E-state index in [1.54, 1.807) is 0 Å². The van der Waals surface area contributed by atoms with Crippen LogP contribution >= 0.6 is 0 Å². The molecular weight excluding hydrogens is 1260 g/mol. The third kappa shape index (κ3) is 12.5. The molecule has 0 radical (unpaired) electrons. The molecule has 8 rings (SSSR count). The van der Waals surface area contributed by atoms with Gasteiger partial charge in [0.1, 0.15) is 29.0 Å². The molecule has 6 aliphatic carbocycles. The zero-order chi connectivity index (χ0) is 71.3. The highest BCUT2D eigenvalue weighted by molar-refractivity contribution is 6.75. The third-order valence-electron chi connectivity index (χ3n) is 27.0. The van der Waals surface area contributed by atoms with Crippen molar-refractivity contribution >= 4 is 61.5 Å². The van der Waals surface area contributed by atoms with Crippen molar-refractivity contribution in [3.63, 3.8) is 0 Å². The Hall–Kier alpha value is -0.399. The van der Waals surface area contributed by atoms with E-state index in [4.69, 9.17) is 36.0 Å². The molecule has 92 heavy (non-hydrogen) atoms. The zero-order valence-electron chi connectivity index (χ0n) is 64.5. The second-order valence-corrected chi connectivity index (χ2v) is 68.0. The smallest absolute Gasteiger partial charge is 0.193 e. The van der Waals surface area contributed by atoms with Gasteiger partial charge in [-0.1, -0.05) is 118 Å². The van der Waals surface area contributed by atoms with Crippen LogP contribution in [0.4, 0.5) is 0 Å². The lowest BCUT2D eigenvalue weighted by molar-refractivity contribution is -0.343. The Morgan fingerprint density at radius 2 is 0.728 bits per heavy atom. The predicted octanol–water partition coefficient (Wildman–Crippen LogP) is 14.4. The highest BCUT2D eigenvalue weighted by atomic mass is 28.4. The maximum absolute atomic E-state index is 15.9. The standard InChI is InChI=1S/C36H68O7Si3.C35H66O8Si3/c1-22-23(41-44(12,13)14)20-36(39)30(38)28-34(10)21-40-24(34)19-25(42-45(15,16)31(2,3)4)35(28,11)29(37)27(26(22)33(36,8)9)43-46(17,18)32(5,6)7;1-21-22(41-44(11,12)13)19-35(39)29(37)27-33(10,23(18-24-34(27,38)20-40-24)42-45(14,15)30(2,3)4)28(36)26(25(21)32(35,8)9)43-46(16,17)31(5,6)7/h23-25,27-28,30,38-39H,19-21H2,1-18H3;22-24,26-27,29,37-39H,18-20H2,1-17H3/t23-,24+,25-,27+,28+,30-,34+,35+,36+;22-,23-,24+,26+,27-,29-,33+,34-,35+/m00/s1. The molecule has 0 aromatic rings. The molecule has 0 unspecified atom stereocenters. The molecular formula is C71H134O15Si6. The molecule has 2 aliphatic heterocycles. The average Bonchev–Trinajstić information content (AvgIpc) is 0.678. The summed E-state index contributed by atoms with van der Waals surface area (Å²) in [4.78, 5) is 31.8. The van der Waals surface area contributed by atoms with Crippen LogP contribution in [-0.2, 0) is 45.6 Å². The number of ether oxygens (including phenoxy) is 2. The molecule has 0 spiro atoms. The zero-order valence-corrected chi connectivity index (χ0v) is 70.5. The van der Waals surface area contributed by atoms with Gasteiger partial charge in [0.15, 0.2) is 61.5 Å². The van der Waals surface area contributed by atoms with Gasteiger partial charge in [-0.15, -0.1) is 0 Å². The second kappa shape index (κ2) is 23.6. The van der Waals surface area contributed by atoms with Crippen molar-refractivity contribution in [1.82, 2.24) is 0 Å². The summed E-state index contributed by atoms with van der Waals surface area (Å²) in [5.41, 5.74) is -6.63. The van der Waals surface area contributed by atoms with E-state index < -0.39 is 161 Å². The van der Waals surface area contributed by atoms with Gasteiger partial charge in [-0.25, -0.2) is 0 Å². The van der Waals surface area contributed by atoms with Crippen LogP contribution in [0, 0.1) is 38.9 Å². The van der Waals surface area contributed by atoms with E-state index in [0.717, 1.165) is 16.7 Å². The third-order valence-corrected chi connectivity index (χ3v) is 46.9. The number of rotatable bonds is 12. The first-order chi connectivity index (χ1) is 40.6. The van der Waals surface area contributed by atoms with E-state index in [1.807, 2.05) is 48.5 Å². The Morgan fingerprint density at radius 1 is 0.435 bits per heavy atom. The summed E-state index contributed by atoms with van der Waals surface area (Å²) < 4.78 is 54.8. The van der Waals surface area contributed by atoms with Crippen LogP contribution in [0.5, 0.6) is 0 Å². The van der Waals surface area contributed by atoms with Crippen LogP contribution < -0.4 is 0 Å². The summed E-state index contributed by atoms with van der Waals surface area (Å²) in [5.74, 6) is -1.90. The van der Waals surface area contributed by atoms with Crippen molar-refractivity contribution in [2.24, 2.45) is 38.9 Å². The molecule has 532 valence electrons. The van der Waals surface area contributed by atoms with Crippen molar-refractivity contribution in [2.75, 3.05) is 13.2 Å². The molecule has 0 aromatic carbocycles. The number of hydrogen-bond acceptors (Lipinski definition) is 15. The SMILES string of the molecule is CC1=C2[C@@H](O[Si](C)(C)C(C)(C)C)C(=O)[C@]3(C)[C@@H](O[Si](C)(C)C(C)(C)C)C[C@H]4OC[C@@]4(C)[C@H]3[C@H](O)[C@](O)(C[C@@H]1O[Si](C)(C)C)C2(C)C.CC1=C2[C@@H](O[Si](C)(C)C(C)(C)C)C(=O)[C@]3(C)[C@@H](O[Si](C)(C)C(C)(C)C)C[C@H]4OC[C@@]4(O)[C@H]3[C@H](O)[C@](O)(C[C@@H]1O[Si](C)(C)C)C2(C)C. The van der Waals surface area contributed by atoms with Crippen LogP contribution in [-0.4, -0.2) is 178 Å². The number of carbonyl (C=O) groups is 2. The molecule has 5 N–H and O–H groups in total. The van der Waals surface area contributed by atoms with Gasteiger partial charge in [-0.05, 0) is 162 Å². The molecule has 18 atom stereocenters. The molecule has 4 saturated carbocycles. The van der Waals surface area contributed by atoms with E-state index in [1.165, 1.54) is 0 Å². The van der Waals surface area contributed by atoms with Crippen molar-refractivity contribution in [3.8, 4) is 0 Å². The maximum atomic E-state index is 15.9. The summed E-state index contributed by atoms with van der Waals surface area (Å²) in [6.45, 7) is 74.8. The van der Waals surface area contributed by atoms with E-state index >= 15 is 9.59 Å². The molecule has 0 amide bonds. The minimum Gasteiger partial charge on any atom is -0.413 e. The first-order valence-corrected chi connectivity index (χ1v) is 53.4. The summed E-state index contributed by atoms with van der Waals surface area (Å²) >= 11 is 0. The lowest BCUT2D eigenvalue weighted by atomic mass is 9.42. The Bertz CT molecular complexity index is 2700. The van der Waals surface area contributed by atoms with Gasteiger partial charge in [-0.2, -0.15) is 0 Å². The molecule has 4 bridgehead atoms. The number of carbonyl (C=O) groups excluding carboxylic acids is 2. The predicted molar refractivity (Wildman–Crippen MR) is 384 cm³/mol. The molecule has 6 fully saturated rings. The number of ketones is 2. The van der Waals surface area contributed by atoms with Gasteiger partial charge < -0.3 is 61.6 Å². The van der Waals surface area contributed by atoms with E-state index in [-0.39, 0.29) is 57.3 Å². The summed E-state index contributed by atoms with van der Waals surface area (Å²) in [6.07, 6.45) is -6.20. The van der Waals surface area contributed by atoms with Crippen molar-refractivity contribution in [3.05, 3.63) is 22.3 Å². The number of aliphatic hydroxyl groups is 5. The van der Waals surface area contributed by atoms with Gasteiger partial charge in [0.2, 0.25) is 0 Å². The molecule has 21 heteroatoms. The second-order valence-electron chi connectivity index (χ2n) is 40.1. The summed E-state index contributed by atoms with van der Waals surface area (Å²) in [6, 6.07) is 0. The van der Waals surface area contributed by atoms with Crippen LogP contribution in [0.2, 0.25) is 112 Å². The summed E-state index contributed by atoms with van der Waals surface area (Å²) in [7, 11) is -14.2. The van der Waals surface area contributed by atoms with Gasteiger partial charge in [0, 0.05) is 53.8 Å². The number of Topliss-reactive ketones (excluding diaryl/α,β-unsaturated/α-hetero) is 2. The minimum atomic E-state index is -2.61. The van der Waals surface area contributed by atoms with Crippen LogP contribution in [0.25, 0.3) is 0 Å². The minimum absolute atomic E-state index is 0.0180. The van der Waals surface area contributed by atoms with Gasteiger partial charge in [0.05, 0.1) is 72.9 Å². The van der Waals surface area contributed by atoms with Gasteiger partial charge in [0.25, 0.3) is 0 Å². The van der Waals surface area contributed by atoms with Crippen molar-refractivity contribution < 1.29 is 71.2 Å². The molecule has 0 aromatic heterocycles. The Labute approximate surface area is 564 Å². The number of fused-ring (bicyclic) bond motifs is 10. The first kappa shape index (κ1) is 78.9. The quantitative estimate of drug-likeness (QED) is 0.0909. The highest BCUT2D eigenvalue weighted by Crippen LogP contribution is 2.68. The molecule has 2 saturated heterocycles. The fraction of sp³-hybridized carbons (Fsp3) is 0.915. The Morgan fingerprint density at radius 3 is 1.01 bits per heavy atom. The van der Waals surface area contributed by atoms with Crippen molar-refractivity contribution in [2.45, 2.75) is 361 Å². The monoisotopic (exact) mass is 1390 g/mol. The number of aliphatic hydroxyl groups excluding tert-OH is 2. The van der Waals surface area contributed by atoms with E-state index in [2.05, 4.69) is 189 Å². The molecule has 2 heterocycles. The molecule has 15 nitrogen and oxygen atoms in total. The van der Waals surface area contributed by atoms with Gasteiger partial charge in [-0.3, -0.25) is 9.59 Å². The lowest BCUT2D eigenvalue weighted by Gasteiger charge is -2.69. The fourth-order valence-electron chi connectivity index (χ4n) is 16.7. The Kier molecular flexibility index (Phi) is 20.2. The van der Waals surface area contributed by atoms with Crippen LogP contribution in [0.1, 0.15) is 171 Å². The van der Waals surface area contributed by atoms with Crippen molar-refractivity contribution in [1.29, 1.82) is 0 Å². The fourth-order valence-corrected chi connectivity index (χ4v) is 24.1. The van der Waals surface area contributed by atoms with E-state index in [0.29, 0.717) is 25.0 Å². The van der Waals surface area contributed by atoms with E-state index in [9.17, 15) is 25.5 Å². The summed E-state index contributed by atoms with van der Waals surface area (Å²) in [5, 5.41) is 63.8. The lowest BCUT2D eigenvalue weighted by Crippen LogP contribution is -2.81. The average molecular weight is 1400 g/mol. The normalized spacial score (nSPS) is 40.5. The Balaban J connectivity index is 0.000000261. The van der Waals surface area contributed by atoms with Gasteiger partial charge >= 0.3 is 0 Å². The largest absolute Gasteiger partial charge is 0.413 e. The topological polar surface area (TPSA) is 209 Å². The first-order valence-electron chi connectivity index (χ1n) is 34.9. The molecule has 8 aliphatic rings. The number of hydrogen-bond donors (Lipinski definition) is 5. The van der Waals surface area contributed by atoms with Crippen LogP contribution in [0.15, 0.2) is 22.3 Å². The highest BCUT2D eigenvalue weighted by Gasteiger charge is 2.78.